The van der Waals surface area contributed by atoms with E-state index in [1.54, 1.807) is 18.5 Å². The van der Waals surface area contributed by atoms with Gasteiger partial charge < -0.3 is 29.5 Å². The second kappa shape index (κ2) is 12.3. The van der Waals surface area contributed by atoms with E-state index in [-0.39, 0.29) is 0 Å². The van der Waals surface area contributed by atoms with Gasteiger partial charge in [0.25, 0.3) is 0 Å². The van der Waals surface area contributed by atoms with Crippen molar-refractivity contribution in [1.29, 1.82) is 0 Å². The molecule has 0 spiro atoms. The third kappa shape index (κ3) is 7.02. The van der Waals surface area contributed by atoms with Crippen molar-refractivity contribution in [3.05, 3.63) is 42.2 Å². The Hall–Kier alpha value is -2.46. The Morgan fingerprint density at radius 1 is 1.12 bits per heavy atom. The number of aromatic nitrogens is 2. The van der Waals surface area contributed by atoms with E-state index in [0.29, 0.717) is 38.8 Å². The molecule has 1 aromatic heterocycles. The van der Waals surface area contributed by atoms with Crippen molar-refractivity contribution >= 4 is 5.95 Å². The normalized spacial score (nSPS) is 21.4. The van der Waals surface area contributed by atoms with Gasteiger partial charge in [0.2, 0.25) is 5.95 Å². The van der Waals surface area contributed by atoms with Crippen molar-refractivity contribution in [1.82, 2.24) is 20.2 Å². The van der Waals surface area contributed by atoms with Crippen LogP contribution in [0.5, 0.6) is 11.5 Å². The summed E-state index contributed by atoms with van der Waals surface area (Å²) in [5.74, 6) is 2.20. The third-order valence-corrected chi connectivity index (χ3v) is 6.25. The quantitative estimate of drug-likeness (QED) is 0.508. The number of β-amino-alcohol motifs (C(OH)–C–C–N with tert-alkyl or cyclic N) is 1. The smallest absolute Gasteiger partial charge is 0.225 e. The zero-order chi connectivity index (χ0) is 23.6. The molecule has 2 aromatic rings. The van der Waals surface area contributed by atoms with Crippen LogP contribution in [0.4, 0.5) is 5.95 Å². The molecular formula is C25H37N5O4. The number of hydrogen-bond donors (Lipinski definition) is 2. The van der Waals surface area contributed by atoms with Crippen molar-refractivity contribution in [3.63, 3.8) is 0 Å². The van der Waals surface area contributed by atoms with Gasteiger partial charge in [-0.1, -0.05) is 6.07 Å². The van der Waals surface area contributed by atoms with Crippen molar-refractivity contribution in [3.8, 4) is 11.5 Å². The van der Waals surface area contributed by atoms with E-state index in [1.807, 2.05) is 19.1 Å². The van der Waals surface area contributed by atoms with Crippen LogP contribution >= 0.6 is 0 Å². The lowest BCUT2D eigenvalue weighted by Crippen LogP contribution is -2.53. The predicted molar refractivity (Wildman–Crippen MR) is 131 cm³/mol. The fraction of sp³-hybridized carbons (Fsp3) is 0.600. The zero-order valence-corrected chi connectivity index (χ0v) is 20.1. The summed E-state index contributed by atoms with van der Waals surface area (Å²) in [5, 5.41) is 14.6. The van der Waals surface area contributed by atoms with Gasteiger partial charge in [0, 0.05) is 51.7 Å². The van der Waals surface area contributed by atoms with Crippen LogP contribution in [0, 0.1) is 0 Å². The highest BCUT2D eigenvalue weighted by Gasteiger charge is 2.33. The molecule has 0 aliphatic carbocycles. The second-order valence-electron chi connectivity index (χ2n) is 8.92. The molecule has 34 heavy (non-hydrogen) atoms. The molecule has 9 nitrogen and oxygen atoms in total. The summed E-state index contributed by atoms with van der Waals surface area (Å²) in [6.07, 6.45) is 5.13. The Labute approximate surface area is 202 Å². The molecule has 186 valence electrons. The van der Waals surface area contributed by atoms with Gasteiger partial charge in [-0.3, -0.25) is 4.90 Å². The van der Waals surface area contributed by atoms with E-state index in [4.69, 9.17) is 14.2 Å². The predicted octanol–water partition coefficient (Wildman–Crippen LogP) is 1.71. The topological polar surface area (TPSA) is 92.2 Å². The van der Waals surface area contributed by atoms with Crippen LogP contribution in [0.15, 0.2) is 36.7 Å². The Morgan fingerprint density at radius 3 is 2.74 bits per heavy atom. The summed E-state index contributed by atoms with van der Waals surface area (Å²) >= 11 is 0. The van der Waals surface area contributed by atoms with Gasteiger partial charge in [-0.2, -0.15) is 0 Å². The number of nitrogens with one attached hydrogen (secondary N) is 1. The highest BCUT2D eigenvalue weighted by molar-refractivity contribution is 5.43. The molecule has 0 bridgehead atoms. The summed E-state index contributed by atoms with van der Waals surface area (Å²) in [7, 11) is 0. The SMILES string of the molecule is CCOc1cc(CNCC2(O)CCCN(c3ncccn3)C2)ccc1OCCN1CCOCC1. The van der Waals surface area contributed by atoms with Crippen molar-refractivity contribution < 1.29 is 19.3 Å². The van der Waals surface area contributed by atoms with Crippen LogP contribution in [-0.4, -0.2) is 91.3 Å². The number of aliphatic hydroxyl groups is 1. The number of hydrogen-bond acceptors (Lipinski definition) is 9. The van der Waals surface area contributed by atoms with E-state index in [0.717, 1.165) is 69.3 Å². The summed E-state index contributed by atoms with van der Waals surface area (Å²) in [4.78, 5) is 13.1. The van der Waals surface area contributed by atoms with Crippen LogP contribution in [0.25, 0.3) is 0 Å². The molecule has 4 rings (SSSR count). The molecule has 2 fully saturated rings. The molecule has 3 heterocycles. The van der Waals surface area contributed by atoms with Gasteiger partial charge in [0.05, 0.1) is 32.0 Å². The highest BCUT2D eigenvalue weighted by Crippen LogP contribution is 2.29. The lowest BCUT2D eigenvalue weighted by Gasteiger charge is -2.39. The first kappa shape index (κ1) is 24.7. The zero-order valence-electron chi connectivity index (χ0n) is 20.1. The molecule has 1 aromatic carbocycles. The van der Waals surface area contributed by atoms with Crippen LogP contribution in [0.2, 0.25) is 0 Å². The average Bonchev–Trinajstić information content (AvgIpc) is 2.86. The van der Waals surface area contributed by atoms with Gasteiger partial charge in [-0.15, -0.1) is 0 Å². The summed E-state index contributed by atoms with van der Waals surface area (Å²) in [6, 6.07) is 7.85. The van der Waals surface area contributed by atoms with Gasteiger partial charge in [-0.05, 0) is 43.5 Å². The van der Waals surface area contributed by atoms with Gasteiger partial charge >= 0.3 is 0 Å². The summed E-state index contributed by atoms with van der Waals surface area (Å²) < 4.78 is 17.3. The Bertz CT molecular complexity index is 881. The van der Waals surface area contributed by atoms with Crippen LogP contribution < -0.4 is 19.7 Å². The molecule has 2 N–H and O–H groups in total. The summed E-state index contributed by atoms with van der Waals surface area (Å²) in [5.41, 5.74) is 0.273. The lowest BCUT2D eigenvalue weighted by atomic mass is 9.93. The molecule has 2 aliphatic heterocycles. The first-order valence-electron chi connectivity index (χ1n) is 12.3. The second-order valence-corrected chi connectivity index (χ2v) is 8.92. The van der Waals surface area contributed by atoms with Gasteiger partial charge in [0.1, 0.15) is 6.61 Å². The van der Waals surface area contributed by atoms with Crippen molar-refractivity contribution in [2.45, 2.75) is 31.9 Å². The van der Waals surface area contributed by atoms with Gasteiger partial charge in [-0.25, -0.2) is 9.97 Å². The lowest BCUT2D eigenvalue weighted by molar-refractivity contribution is 0.0256. The number of nitrogens with zero attached hydrogens (tertiary/aromatic N) is 4. The van der Waals surface area contributed by atoms with Crippen molar-refractivity contribution in [2.24, 2.45) is 0 Å². The largest absolute Gasteiger partial charge is 0.490 e. The number of benzene rings is 1. The third-order valence-electron chi connectivity index (χ3n) is 6.25. The van der Waals surface area contributed by atoms with Crippen LogP contribution in [0.3, 0.4) is 0 Å². The Kier molecular flexibility index (Phi) is 8.92. The molecular weight excluding hydrogens is 434 g/mol. The number of piperidine rings is 1. The molecule has 2 saturated heterocycles. The van der Waals surface area contributed by atoms with E-state index < -0.39 is 5.60 Å². The standard InChI is InChI=1S/C25H37N5O4/c1-2-33-23-17-21(5-6-22(23)34-16-13-29-11-14-32-15-12-29)18-26-19-25(31)7-3-10-30(20-25)24-27-8-4-9-28-24/h4-6,8-9,17,26,31H,2-3,7,10-16,18-20H2,1H3. The van der Waals surface area contributed by atoms with E-state index in [2.05, 4.69) is 31.2 Å². The number of rotatable bonds is 11. The number of anilines is 1. The van der Waals surface area contributed by atoms with Crippen LogP contribution in [0.1, 0.15) is 25.3 Å². The Morgan fingerprint density at radius 2 is 1.94 bits per heavy atom. The molecule has 1 unspecified atom stereocenters. The maximum Gasteiger partial charge on any atom is 0.225 e. The highest BCUT2D eigenvalue weighted by atomic mass is 16.5. The first-order valence-corrected chi connectivity index (χ1v) is 12.3. The van der Waals surface area contributed by atoms with Crippen molar-refractivity contribution in [2.75, 3.05) is 70.6 Å². The maximum absolute atomic E-state index is 11.2. The molecule has 0 amide bonds. The first-order chi connectivity index (χ1) is 16.6. The molecule has 1 atom stereocenters. The summed E-state index contributed by atoms with van der Waals surface area (Å²) in [6.45, 7) is 10.0. The van der Waals surface area contributed by atoms with E-state index in [9.17, 15) is 5.11 Å². The van der Waals surface area contributed by atoms with E-state index in [1.165, 1.54) is 0 Å². The maximum atomic E-state index is 11.2. The minimum absolute atomic E-state index is 0.498. The minimum Gasteiger partial charge on any atom is -0.490 e. The minimum atomic E-state index is -0.817. The molecule has 9 heteroatoms. The fourth-order valence-corrected chi connectivity index (χ4v) is 4.48. The van der Waals surface area contributed by atoms with Crippen LogP contribution in [-0.2, 0) is 11.3 Å². The fourth-order valence-electron chi connectivity index (χ4n) is 4.48. The molecule has 0 saturated carbocycles. The molecule has 0 radical (unpaired) electrons. The van der Waals surface area contributed by atoms with E-state index >= 15 is 0 Å². The average molecular weight is 472 g/mol. The molecule has 2 aliphatic rings. The number of ether oxygens (including phenoxy) is 3. The van der Waals surface area contributed by atoms with Gasteiger partial charge in [0.15, 0.2) is 11.5 Å². The number of morpholine rings is 1. The Balaban J connectivity index is 1.27. The monoisotopic (exact) mass is 471 g/mol.